The number of aryl methyl sites for hydroxylation is 2. The summed E-state index contributed by atoms with van der Waals surface area (Å²) in [6, 6.07) is 11.6. The van der Waals surface area contributed by atoms with Gasteiger partial charge in [0.25, 0.3) is 11.8 Å². The second-order valence-corrected chi connectivity index (χ2v) is 7.83. The predicted octanol–water partition coefficient (Wildman–Crippen LogP) is 4.71. The van der Waals surface area contributed by atoms with Crippen LogP contribution in [0.1, 0.15) is 27.0 Å². The molecule has 0 bridgehead atoms. The predicted molar refractivity (Wildman–Crippen MR) is 129 cm³/mol. The number of amides is 2. The topological polar surface area (TPSA) is 109 Å². The summed E-state index contributed by atoms with van der Waals surface area (Å²) in [4.78, 5) is 34.4. The van der Waals surface area contributed by atoms with E-state index in [0.717, 1.165) is 0 Å². The van der Waals surface area contributed by atoms with E-state index in [-0.39, 0.29) is 22.5 Å². The number of hydrogen-bond donors (Lipinski definition) is 3. The highest BCUT2D eigenvalue weighted by atomic mass is 35.5. The third-order valence-corrected chi connectivity index (χ3v) is 5.27. The van der Waals surface area contributed by atoms with Crippen LogP contribution in [0.4, 0.5) is 17.2 Å². The fourth-order valence-electron chi connectivity index (χ4n) is 3.08. The number of para-hydroxylation sites is 1. The lowest BCUT2D eigenvalue weighted by atomic mass is 10.0. The standard InChI is InChI=1S/C23H21Cl2N5O2/c1-12-6-4-7-15(22(31)27-3)19(12)30-23(32)20(29-21-17(25)8-5-9-28-21)16-11-14(24)10-13(2)18(16)26/h4-11H,26H2,1-3H3,(H,27,31)(H,30,32). The van der Waals surface area contributed by atoms with E-state index in [9.17, 15) is 9.59 Å². The fraction of sp³-hybridized carbons (Fsp3) is 0.130. The number of nitrogen functional groups attached to an aromatic ring is 1. The summed E-state index contributed by atoms with van der Waals surface area (Å²) >= 11 is 12.5. The van der Waals surface area contributed by atoms with E-state index in [1.54, 1.807) is 56.3 Å². The number of carbonyl (C=O) groups excluding carboxylic acids is 2. The first-order valence-electron chi connectivity index (χ1n) is 9.61. The molecular weight excluding hydrogens is 449 g/mol. The molecule has 164 valence electrons. The van der Waals surface area contributed by atoms with E-state index < -0.39 is 5.91 Å². The number of nitrogens with zero attached hydrogens (tertiary/aromatic N) is 2. The van der Waals surface area contributed by atoms with Gasteiger partial charge in [-0.3, -0.25) is 9.59 Å². The van der Waals surface area contributed by atoms with Gasteiger partial charge < -0.3 is 16.4 Å². The van der Waals surface area contributed by atoms with E-state index in [4.69, 9.17) is 28.9 Å². The SMILES string of the molecule is CNC(=O)c1cccc(C)c1NC(=O)C(=Nc1ncccc1Cl)c1cc(Cl)cc(C)c1N. The lowest BCUT2D eigenvalue weighted by Crippen LogP contribution is -2.28. The summed E-state index contributed by atoms with van der Waals surface area (Å²) in [7, 11) is 1.52. The average molecular weight is 470 g/mol. The van der Waals surface area contributed by atoms with Crippen LogP contribution in [0.2, 0.25) is 10.0 Å². The zero-order valence-electron chi connectivity index (χ0n) is 17.7. The summed E-state index contributed by atoms with van der Waals surface area (Å²) in [6.45, 7) is 3.56. The van der Waals surface area contributed by atoms with Crippen LogP contribution in [0.3, 0.4) is 0 Å². The molecule has 0 saturated carbocycles. The zero-order valence-corrected chi connectivity index (χ0v) is 19.2. The molecule has 2 aromatic carbocycles. The molecule has 9 heteroatoms. The Hall–Kier alpha value is -3.42. The molecule has 0 unspecified atom stereocenters. The van der Waals surface area contributed by atoms with Gasteiger partial charge in [-0.2, -0.15) is 0 Å². The van der Waals surface area contributed by atoms with Crippen molar-refractivity contribution in [1.82, 2.24) is 10.3 Å². The molecule has 32 heavy (non-hydrogen) atoms. The molecule has 1 aromatic heterocycles. The summed E-state index contributed by atoms with van der Waals surface area (Å²) < 4.78 is 0. The zero-order chi connectivity index (χ0) is 23.4. The highest BCUT2D eigenvalue weighted by molar-refractivity contribution is 6.51. The molecule has 0 aliphatic heterocycles. The van der Waals surface area contributed by atoms with E-state index >= 15 is 0 Å². The molecule has 3 rings (SSSR count). The van der Waals surface area contributed by atoms with Crippen molar-refractivity contribution in [1.29, 1.82) is 0 Å². The summed E-state index contributed by atoms with van der Waals surface area (Å²) in [5.41, 5.74) is 8.94. The Morgan fingerprint density at radius 2 is 1.78 bits per heavy atom. The van der Waals surface area contributed by atoms with Crippen LogP contribution >= 0.6 is 23.2 Å². The Morgan fingerprint density at radius 1 is 1.03 bits per heavy atom. The summed E-state index contributed by atoms with van der Waals surface area (Å²) in [6.07, 6.45) is 1.51. The maximum Gasteiger partial charge on any atom is 0.275 e. The first-order valence-corrected chi connectivity index (χ1v) is 10.4. The van der Waals surface area contributed by atoms with E-state index in [1.165, 1.54) is 13.2 Å². The summed E-state index contributed by atoms with van der Waals surface area (Å²) in [5.74, 6) is -0.791. The lowest BCUT2D eigenvalue weighted by Gasteiger charge is -2.16. The van der Waals surface area contributed by atoms with Gasteiger partial charge in [0.2, 0.25) is 0 Å². The van der Waals surface area contributed by atoms with Gasteiger partial charge in [-0.15, -0.1) is 0 Å². The van der Waals surface area contributed by atoms with E-state index in [1.807, 2.05) is 0 Å². The quantitative estimate of drug-likeness (QED) is 0.371. The van der Waals surface area contributed by atoms with Gasteiger partial charge >= 0.3 is 0 Å². The number of nitrogens with one attached hydrogen (secondary N) is 2. The van der Waals surface area contributed by atoms with Crippen molar-refractivity contribution >= 4 is 57.9 Å². The Balaban J connectivity index is 2.17. The van der Waals surface area contributed by atoms with Crippen molar-refractivity contribution < 1.29 is 9.59 Å². The third kappa shape index (κ3) is 4.90. The minimum absolute atomic E-state index is 0.0418. The normalized spacial score (nSPS) is 11.2. The van der Waals surface area contributed by atoms with Crippen LogP contribution in [0.5, 0.6) is 0 Å². The largest absolute Gasteiger partial charge is 0.398 e. The van der Waals surface area contributed by atoms with Gasteiger partial charge in [0.05, 0.1) is 16.3 Å². The Labute approximate surface area is 195 Å². The number of anilines is 2. The van der Waals surface area contributed by atoms with Crippen LogP contribution in [-0.4, -0.2) is 29.6 Å². The maximum atomic E-state index is 13.5. The van der Waals surface area contributed by atoms with Gasteiger partial charge in [0.1, 0.15) is 5.71 Å². The molecule has 0 atom stereocenters. The van der Waals surface area contributed by atoms with Gasteiger partial charge in [-0.25, -0.2) is 9.98 Å². The lowest BCUT2D eigenvalue weighted by molar-refractivity contribution is -0.110. The first kappa shape index (κ1) is 23.2. The van der Waals surface area contributed by atoms with Crippen molar-refractivity contribution in [3.8, 4) is 0 Å². The molecule has 1 heterocycles. The summed E-state index contributed by atoms with van der Waals surface area (Å²) in [5, 5.41) is 6.02. The van der Waals surface area contributed by atoms with Gasteiger partial charge in [-0.1, -0.05) is 35.3 Å². The number of benzene rings is 2. The van der Waals surface area contributed by atoms with Crippen molar-refractivity contribution in [2.24, 2.45) is 4.99 Å². The molecular formula is C23H21Cl2N5O2. The molecule has 0 saturated heterocycles. The van der Waals surface area contributed by atoms with Crippen molar-refractivity contribution in [3.05, 3.63) is 81.0 Å². The minimum Gasteiger partial charge on any atom is -0.398 e. The van der Waals surface area contributed by atoms with Crippen LogP contribution in [-0.2, 0) is 4.79 Å². The number of halogens is 2. The third-order valence-electron chi connectivity index (χ3n) is 4.76. The minimum atomic E-state index is -0.598. The van der Waals surface area contributed by atoms with Crippen molar-refractivity contribution in [2.75, 3.05) is 18.1 Å². The Kier molecular flexibility index (Phi) is 7.12. The van der Waals surface area contributed by atoms with Gasteiger partial charge in [0.15, 0.2) is 5.82 Å². The van der Waals surface area contributed by atoms with Crippen molar-refractivity contribution in [2.45, 2.75) is 13.8 Å². The molecule has 3 aromatic rings. The van der Waals surface area contributed by atoms with Crippen molar-refractivity contribution in [3.63, 3.8) is 0 Å². The molecule has 4 N–H and O–H groups in total. The van der Waals surface area contributed by atoms with Crippen LogP contribution in [0.25, 0.3) is 0 Å². The number of nitrogens with two attached hydrogens (primary N) is 1. The Bertz CT molecular complexity index is 1240. The Morgan fingerprint density at radius 3 is 2.47 bits per heavy atom. The van der Waals surface area contributed by atoms with Gasteiger partial charge in [0, 0.05) is 29.5 Å². The molecule has 7 nitrogen and oxygen atoms in total. The monoisotopic (exact) mass is 469 g/mol. The van der Waals surface area contributed by atoms with Gasteiger partial charge in [-0.05, 0) is 55.3 Å². The first-order chi connectivity index (χ1) is 15.2. The highest BCUT2D eigenvalue weighted by Gasteiger charge is 2.22. The maximum absolute atomic E-state index is 13.5. The number of aromatic nitrogens is 1. The van der Waals surface area contributed by atoms with Crippen LogP contribution in [0, 0.1) is 13.8 Å². The second-order valence-electron chi connectivity index (χ2n) is 6.98. The van der Waals surface area contributed by atoms with Crippen LogP contribution in [0.15, 0.2) is 53.7 Å². The number of aliphatic imine (C=N–C) groups is 1. The molecule has 0 aliphatic carbocycles. The molecule has 0 fully saturated rings. The van der Waals surface area contributed by atoms with E-state index in [2.05, 4.69) is 20.6 Å². The highest BCUT2D eigenvalue weighted by Crippen LogP contribution is 2.28. The van der Waals surface area contributed by atoms with Crippen LogP contribution < -0.4 is 16.4 Å². The number of pyridine rings is 1. The molecule has 0 spiro atoms. The molecule has 0 radical (unpaired) electrons. The number of rotatable bonds is 5. The number of carbonyl (C=O) groups is 2. The molecule has 0 aliphatic rings. The average Bonchev–Trinajstić information content (AvgIpc) is 2.76. The smallest absolute Gasteiger partial charge is 0.275 e. The number of hydrogen-bond acceptors (Lipinski definition) is 5. The second kappa shape index (κ2) is 9.80. The fourth-order valence-corrected chi connectivity index (χ4v) is 3.52. The van der Waals surface area contributed by atoms with E-state index in [0.29, 0.717) is 38.7 Å². The molecule has 2 amide bonds.